The molecule has 0 atom stereocenters. The Balaban J connectivity index is 3.43. The fourth-order valence-corrected chi connectivity index (χ4v) is 0.767. The minimum atomic E-state index is 0.295. The van der Waals surface area contributed by atoms with Crippen molar-refractivity contribution in [3.8, 4) is 0 Å². The summed E-state index contributed by atoms with van der Waals surface area (Å²) in [6, 6.07) is 0. The van der Waals surface area contributed by atoms with Gasteiger partial charge in [-0.2, -0.15) is 0 Å². The molecular formula is C8H15Cl2N. The number of halogens is 2. The van der Waals surface area contributed by atoms with Gasteiger partial charge in [-0.1, -0.05) is 44.0 Å². The predicted octanol–water partition coefficient (Wildman–Crippen LogP) is 2.94. The number of hydrogen-bond donors (Lipinski definition) is 1. The summed E-state index contributed by atoms with van der Waals surface area (Å²) in [5.74, 6) is 0. The van der Waals surface area contributed by atoms with Crippen molar-refractivity contribution in [1.29, 1.82) is 0 Å². The molecule has 0 aliphatic carbocycles. The molecule has 0 amide bonds. The molecule has 0 bridgehead atoms. The molecular weight excluding hydrogens is 181 g/mol. The molecule has 0 saturated carbocycles. The van der Waals surface area contributed by atoms with Gasteiger partial charge in [-0.05, 0) is 5.41 Å². The van der Waals surface area contributed by atoms with Crippen molar-refractivity contribution >= 4 is 23.2 Å². The standard InChI is InChI=1S/C8H15Cl2N/c1-8(2,3)6-11-5-7(10)4-9/h4,11H,5-6H2,1-3H3. The van der Waals surface area contributed by atoms with E-state index in [2.05, 4.69) is 26.1 Å². The number of rotatable bonds is 3. The van der Waals surface area contributed by atoms with E-state index in [1.54, 1.807) is 0 Å². The van der Waals surface area contributed by atoms with Crippen LogP contribution in [-0.4, -0.2) is 13.1 Å². The van der Waals surface area contributed by atoms with E-state index in [1.807, 2.05) is 0 Å². The Labute approximate surface area is 78.8 Å². The molecule has 0 aliphatic heterocycles. The maximum atomic E-state index is 5.66. The van der Waals surface area contributed by atoms with E-state index in [0.717, 1.165) is 6.54 Å². The first-order valence-electron chi connectivity index (χ1n) is 3.61. The van der Waals surface area contributed by atoms with Gasteiger partial charge in [0.2, 0.25) is 0 Å². The summed E-state index contributed by atoms with van der Waals surface area (Å²) in [4.78, 5) is 0. The van der Waals surface area contributed by atoms with Crippen molar-refractivity contribution in [2.24, 2.45) is 5.41 Å². The smallest absolute Gasteiger partial charge is 0.0431 e. The van der Waals surface area contributed by atoms with Crippen molar-refractivity contribution in [2.75, 3.05) is 13.1 Å². The van der Waals surface area contributed by atoms with Gasteiger partial charge < -0.3 is 5.32 Å². The summed E-state index contributed by atoms with van der Waals surface area (Å²) >= 11 is 11.0. The van der Waals surface area contributed by atoms with E-state index in [9.17, 15) is 0 Å². The molecule has 1 N–H and O–H groups in total. The zero-order valence-corrected chi connectivity index (χ0v) is 8.76. The second-order valence-corrected chi connectivity index (χ2v) is 4.42. The third-order valence-electron chi connectivity index (χ3n) is 1.07. The number of nitrogens with one attached hydrogen (secondary N) is 1. The highest BCUT2D eigenvalue weighted by Crippen LogP contribution is 2.10. The first-order valence-corrected chi connectivity index (χ1v) is 4.42. The minimum Gasteiger partial charge on any atom is -0.311 e. The molecule has 0 saturated heterocycles. The predicted molar refractivity (Wildman–Crippen MR) is 52.1 cm³/mol. The van der Waals surface area contributed by atoms with Crippen LogP contribution in [0.3, 0.4) is 0 Å². The molecule has 0 unspecified atom stereocenters. The second kappa shape index (κ2) is 5.02. The lowest BCUT2D eigenvalue weighted by Gasteiger charge is -2.18. The SMILES string of the molecule is CC(C)(C)CNCC(Cl)=CCl. The van der Waals surface area contributed by atoms with Gasteiger partial charge in [0.25, 0.3) is 0 Å². The Bertz CT molecular complexity index is 136. The quantitative estimate of drug-likeness (QED) is 0.731. The molecule has 66 valence electrons. The summed E-state index contributed by atoms with van der Waals surface area (Å²) in [6.07, 6.45) is 0. The Morgan fingerprint density at radius 2 is 2.00 bits per heavy atom. The van der Waals surface area contributed by atoms with Crippen LogP contribution in [0, 0.1) is 5.41 Å². The van der Waals surface area contributed by atoms with Crippen molar-refractivity contribution in [2.45, 2.75) is 20.8 Å². The topological polar surface area (TPSA) is 12.0 Å². The van der Waals surface area contributed by atoms with Gasteiger partial charge in [0.1, 0.15) is 0 Å². The van der Waals surface area contributed by atoms with Crippen LogP contribution in [0.25, 0.3) is 0 Å². The van der Waals surface area contributed by atoms with Gasteiger partial charge in [-0.25, -0.2) is 0 Å². The second-order valence-electron chi connectivity index (χ2n) is 3.72. The van der Waals surface area contributed by atoms with Crippen LogP contribution in [0.1, 0.15) is 20.8 Å². The first kappa shape index (κ1) is 11.3. The number of hydrogen-bond acceptors (Lipinski definition) is 1. The van der Waals surface area contributed by atoms with E-state index in [1.165, 1.54) is 5.54 Å². The largest absolute Gasteiger partial charge is 0.311 e. The Hall–Kier alpha value is 0.280. The van der Waals surface area contributed by atoms with Gasteiger partial charge in [0, 0.05) is 23.7 Å². The summed E-state index contributed by atoms with van der Waals surface area (Å²) in [7, 11) is 0. The summed E-state index contributed by atoms with van der Waals surface area (Å²) in [5.41, 5.74) is 1.68. The normalized spacial score (nSPS) is 13.7. The Morgan fingerprint density at radius 3 is 2.36 bits per heavy atom. The van der Waals surface area contributed by atoms with Crippen molar-refractivity contribution in [1.82, 2.24) is 5.32 Å². The van der Waals surface area contributed by atoms with Crippen LogP contribution >= 0.6 is 23.2 Å². The highest BCUT2D eigenvalue weighted by Gasteiger charge is 2.08. The third-order valence-corrected chi connectivity index (χ3v) is 1.69. The van der Waals surface area contributed by atoms with E-state index < -0.39 is 0 Å². The van der Waals surface area contributed by atoms with E-state index in [4.69, 9.17) is 23.2 Å². The van der Waals surface area contributed by atoms with Crippen LogP contribution in [0.2, 0.25) is 0 Å². The lowest BCUT2D eigenvalue weighted by molar-refractivity contribution is 0.388. The molecule has 11 heavy (non-hydrogen) atoms. The molecule has 1 nitrogen and oxygen atoms in total. The molecule has 0 fully saturated rings. The molecule has 0 aromatic carbocycles. The monoisotopic (exact) mass is 195 g/mol. The van der Waals surface area contributed by atoms with Crippen LogP contribution in [0.5, 0.6) is 0 Å². The van der Waals surface area contributed by atoms with Crippen LogP contribution in [0.4, 0.5) is 0 Å². The lowest BCUT2D eigenvalue weighted by Crippen LogP contribution is -2.27. The van der Waals surface area contributed by atoms with Crippen LogP contribution in [0.15, 0.2) is 10.6 Å². The molecule has 0 aliphatic rings. The third kappa shape index (κ3) is 8.18. The van der Waals surface area contributed by atoms with Crippen molar-refractivity contribution in [3.05, 3.63) is 10.6 Å². The van der Waals surface area contributed by atoms with E-state index in [-0.39, 0.29) is 0 Å². The molecule has 0 rings (SSSR count). The van der Waals surface area contributed by atoms with Gasteiger partial charge in [-0.3, -0.25) is 0 Å². The average molecular weight is 196 g/mol. The van der Waals surface area contributed by atoms with Crippen LogP contribution in [-0.2, 0) is 0 Å². The highest BCUT2D eigenvalue weighted by molar-refractivity contribution is 6.36. The zero-order valence-electron chi connectivity index (χ0n) is 7.25. The Kier molecular flexibility index (Phi) is 5.15. The van der Waals surface area contributed by atoms with Gasteiger partial charge in [0.15, 0.2) is 0 Å². The summed E-state index contributed by atoms with van der Waals surface area (Å²) in [6.45, 7) is 8.09. The van der Waals surface area contributed by atoms with Gasteiger partial charge in [-0.15, -0.1) is 0 Å². The molecule has 3 heteroatoms. The molecule has 0 aromatic heterocycles. The average Bonchev–Trinajstić information content (AvgIpc) is 1.85. The van der Waals surface area contributed by atoms with Crippen LogP contribution < -0.4 is 5.32 Å². The van der Waals surface area contributed by atoms with E-state index >= 15 is 0 Å². The summed E-state index contributed by atoms with van der Waals surface area (Å²) in [5, 5.41) is 3.84. The highest BCUT2D eigenvalue weighted by atomic mass is 35.5. The fraction of sp³-hybridized carbons (Fsp3) is 0.750. The fourth-order valence-electron chi connectivity index (χ4n) is 0.595. The zero-order chi connectivity index (χ0) is 8.91. The maximum Gasteiger partial charge on any atom is 0.0431 e. The maximum absolute atomic E-state index is 5.66. The minimum absolute atomic E-state index is 0.295. The van der Waals surface area contributed by atoms with Crippen molar-refractivity contribution in [3.63, 3.8) is 0 Å². The summed E-state index contributed by atoms with van der Waals surface area (Å²) < 4.78 is 0. The molecule has 0 aromatic rings. The van der Waals surface area contributed by atoms with Crippen molar-refractivity contribution < 1.29 is 0 Å². The van der Waals surface area contributed by atoms with E-state index in [0.29, 0.717) is 17.0 Å². The molecule has 0 radical (unpaired) electrons. The Morgan fingerprint density at radius 1 is 1.45 bits per heavy atom. The molecule has 0 spiro atoms. The lowest BCUT2D eigenvalue weighted by atomic mass is 9.97. The molecule has 0 heterocycles. The first-order chi connectivity index (χ1) is 4.95. The van der Waals surface area contributed by atoms with Gasteiger partial charge >= 0.3 is 0 Å². The van der Waals surface area contributed by atoms with Gasteiger partial charge in [0.05, 0.1) is 0 Å².